The highest BCUT2D eigenvalue weighted by atomic mass is 35.5. The van der Waals surface area contributed by atoms with Crippen LogP contribution in [0.2, 0.25) is 5.02 Å². The molecule has 0 aliphatic rings. The zero-order chi connectivity index (χ0) is 23.5. The molecule has 0 aliphatic carbocycles. The molecule has 2 aromatic rings. The molecule has 0 saturated carbocycles. The van der Waals surface area contributed by atoms with E-state index in [1.54, 1.807) is 12.3 Å². The van der Waals surface area contributed by atoms with Crippen molar-refractivity contribution in [3.05, 3.63) is 88.6 Å². The molecule has 1 N–H and O–H groups in total. The second-order valence-electron chi connectivity index (χ2n) is 7.83. The topological polar surface area (TPSA) is 51.5 Å². The Balaban J connectivity index is 2.02. The lowest BCUT2D eigenvalue weighted by molar-refractivity contribution is -0.117. The van der Waals surface area contributed by atoms with Gasteiger partial charge in [0.05, 0.1) is 18.8 Å². The molecule has 4 nitrogen and oxygen atoms in total. The average Bonchev–Trinajstić information content (AvgIpc) is 3.27. The first-order chi connectivity index (χ1) is 15.3. The fourth-order valence-electron chi connectivity index (χ4n) is 3.27. The van der Waals surface area contributed by atoms with Crippen LogP contribution < -0.4 is 5.32 Å². The molecule has 0 aliphatic heterocycles. The third kappa shape index (κ3) is 8.08. The lowest BCUT2D eigenvalue weighted by Crippen LogP contribution is -2.25. The van der Waals surface area contributed by atoms with Gasteiger partial charge < -0.3 is 14.5 Å². The number of halogens is 1. The Bertz CT molecular complexity index is 957. The van der Waals surface area contributed by atoms with E-state index in [1.807, 2.05) is 37.3 Å². The van der Waals surface area contributed by atoms with Crippen LogP contribution in [0, 0.1) is 6.92 Å². The summed E-state index contributed by atoms with van der Waals surface area (Å²) in [6.45, 7) is 12.7. The molecule has 5 heteroatoms. The molecule has 1 aromatic heterocycles. The number of nitrogens with one attached hydrogen (secondary N) is 1. The van der Waals surface area contributed by atoms with Gasteiger partial charge in [0.15, 0.2) is 0 Å². The largest absolute Gasteiger partial charge is 0.495 e. The van der Waals surface area contributed by atoms with Gasteiger partial charge in [-0.05, 0) is 80.2 Å². The van der Waals surface area contributed by atoms with Gasteiger partial charge in [-0.15, -0.1) is 0 Å². The second kappa shape index (κ2) is 13.0. The highest BCUT2D eigenvalue weighted by molar-refractivity contribution is 6.30. The molecule has 0 radical (unpaired) electrons. The lowest BCUT2D eigenvalue weighted by atomic mass is 9.97. The molecule has 2 rings (SSSR count). The van der Waals surface area contributed by atoms with Crippen LogP contribution in [0.3, 0.4) is 0 Å². The molecule has 32 heavy (non-hydrogen) atoms. The van der Waals surface area contributed by atoms with E-state index in [-0.39, 0.29) is 12.0 Å². The van der Waals surface area contributed by atoms with E-state index in [9.17, 15) is 4.79 Å². The van der Waals surface area contributed by atoms with Crippen LogP contribution in [0.4, 0.5) is 0 Å². The molecule has 0 spiro atoms. The van der Waals surface area contributed by atoms with Gasteiger partial charge in [-0.1, -0.05) is 44.2 Å². The summed E-state index contributed by atoms with van der Waals surface area (Å²) >= 11 is 6.20. The predicted octanol–water partition coefficient (Wildman–Crippen LogP) is 7.04. The van der Waals surface area contributed by atoms with Crippen molar-refractivity contribution in [3.63, 3.8) is 0 Å². The SMILES string of the molecule is C=C(/C=C(/Cc1ccco1)OC(C)CC)C(=O)NCC/C(=C/CC)c1cc(Cl)ccc1C. The van der Waals surface area contributed by atoms with Crippen molar-refractivity contribution in [3.8, 4) is 0 Å². The van der Waals surface area contributed by atoms with Gasteiger partial charge in [0.25, 0.3) is 5.91 Å². The molecule has 1 aromatic carbocycles. The quantitative estimate of drug-likeness (QED) is 0.212. The summed E-state index contributed by atoms with van der Waals surface area (Å²) < 4.78 is 11.4. The van der Waals surface area contributed by atoms with Gasteiger partial charge in [-0.25, -0.2) is 0 Å². The van der Waals surface area contributed by atoms with Crippen LogP contribution in [-0.4, -0.2) is 18.6 Å². The Morgan fingerprint density at radius 3 is 2.75 bits per heavy atom. The van der Waals surface area contributed by atoms with Crippen molar-refractivity contribution in [1.82, 2.24) is 5.32 Å². The zero-order valence-corrected chi connectivity index (χ0v) is 20.3. The first kappa shape index (κ1) is 25.5. The fourth-order valence-corrected chi connectivity index (χ4v) is 3.44. The molecular formula is C27H34ClNO3. The lowest BCUT2D eigenvalue weighted by Gasteiger charge is -2.16. The van der Waals surface area contributed by atoms with E-state index in [4.69, 9.17) is 20.8 Å². The number of rotatable bonds is 12. The van der Waals surface area contributed by atoms with E-state index >= 15 is 0 Å². The number of carbonyl (C=O) groups is 1. The van der Waals surface area contributed by atoms with E-state index in [0.29, 0.717) is 35.7 Å². The third-order valence-corrected chi connectivity index (χ3v) is 5.39. The molecule has 1 heterocycles. The highest BCUT2D eigenvalue weighted by Gasteiger charge is 2.12. The molecule has 0 fully saturated rings. The Morgan fingerprint density at radius 2 is 2.09 bits per heavy atom. The van der Waals surface area contributed by atoms with Gasteiger partial charge in [-0.2, -0.15) is 0 Å². The van der Waals surface area contributed by atoms with Crippen LogP contribution in [0.25, 0.3) is 5.57 Å². The van der Waals surface area contributed by atoms with Gasteiger partial charge in [0.2, 0.25) is 0 Å². The maximum atomic E-state index is 12.7. The monoisotopic (exact) mass is 455 g/mol. The summed E-state index contributed by atoms with van der Waals surface area (Å²) in [6, 6.07) is 9.61. The smallest absolute Gasteiger partial charge is 0.250 e. The number of ether oxygens (including phenoxy) is 1. The van der Waals surface area contributed by atoms with Crippen molar-refractivity contribution in [2.24, 2.45) is 0 Å². The molecule has 1 amide bonds. The number of allylic oxidation sites excluding steroid dienone is 2. The Hall–Kier alpha value is -2.72. The minimum absolute atomic E-state index is 0.0368. The average molecular weight is 456 g/mol. The third-order valence-electron chi connectivity index (χ3n) is 5.16. The number of amides is 1. The summed E-state index contributed by atoms with van der Waals surface area (Å²) in [6.07, 6.45) is 8.50. The number of benzene rings is 1. The maximum Gasteiger partial charge on any atom is 0.250 e. The molecular weight excluding hydrogens is 422 g/mol. The van der Waals surface area contributed by atoms with Crippen molar-refractivity contribution in [2.45, 2.75) is 59.5 Å². The van der Waals surface area contributed by atoms with E-state index in [1.165, 1.54) is 5.57 Å². The van der Waals surface area contributed by atoms with Crippen LogP contribution in [-0.2, 0) is 16.0 Å². The highest BCUT2D eigenvalue weighted by Crippen LogP contribution is 2.25. The Kier molecular flexibility index (Phi) is 10.4. The predicted molar refractivity (Wildman–Crippen MR) is 133 cm³/mol. The van der Waals surface area contributed by atoms with Crippen LogP contribution in [0.1, 0.15) is 56.9 Å². The fraction of sp³-hybridized carbons (Fsp3) is 0.370. The van der Waals surface area contributed by atoms with Crippen LogP contribution in [0.15, 0.2) is 71.1 Å². The van der Waals surface area contributed by atoms with Gasteiger partial charge in [0.1, 0.15) is 11.5 Å². The molecule has 0 bridgehead atoms. The standard InChI is InChI=1S/C27H34ClNO3/c1-6-9-22(26-17-23(28)12-11-19(26)3)13-14-29-27(30)20(4)16-25(32-21(5)7-2)18-24-10-8-15-31-24/h8-12,15-17,21H,4,6-7,13-14,18H2,1-3,5H3,(H,29,30)/b22-9-,25-16-. The normalized spacial score (nSPS) is 13.0. The Labute approximate surface area is 197 Å². The zero-order valence-electron chi connectivity index (χ0n) is 19.5. The number of aryl methyl sites for hydroxylation is 1. The summed E-state index contributed by atoms with van der Waals surface area (Å²) in [5.41, 5.74) is 3.81. The summed E-state index contributed by atoms with van der Waals surface area (Å²) in [4.78, 5) is 12.7. The summed E-state index contributed by atoms with van der Waals surface area (Å²) in [5.74, 6) is 1.22. The minimum atomic E-state index is -0.214. The van der Waals surface area contributed by atoms with Crippen molar-refractivity contribution < 1.29 is 13.9 Å². The molecule has 1 atom stereocenters. The first-order valence-corrected chi connectivity index (χ1v) is 11.5. The van der Waals surface area contributed by atoms with Crippen LogP contribution in [0.5, 0.6) is 0 Å². The molecule has 172 valence electrons. The maximum absolute atomic E-state index is 12.7. The second-order valence-corrected chi connectivity index (χ2v) is 8.27. The number of hydrogen-bond donors (Lipinski definition) is 1. The van der Waals surface area contributed by atoms with E-state index in [2.05, 4.69) is 38.7 Å². The Morgan fingerprint density at radius 1 is 1.31 bits per heavy atom. The van der Waals surface area contributed by atoms with Gasteiger partial charge in [-0.3, -0.25) is 4.79 Å². The number of carbonyl (C=O) groups excluding carboxylic acids is 1. The van der Waals surface area contributed by atoms with Gasteiger partial charge >= 0.3 is 0 Å². The van der Waals surface area contributed by atoms with Gasteiger partial charge in [0, 0.05) is 17.1 Å². The van der Waals surface area contributed by atoms with Crippen molar-refractivity contribution >= 4 is 23.1 Å². The van der Waals surface area contributed by atoms with Crippen molar-refractivity contribution in [2.75, 3.05) is 6.54 Å². The molecule has 0 saturated heterocycles. The number of hydrogen-bond acceptors (Lipinski definition) is 3. The van der Waals surface area contributed by atoms with E-state index in [0.717, 1.165) is 29.7 Å². The minimum Gasteiger partial charge on any atom is -0.495 e. The first-order valence-electron chi connectivity index (χ1n) is 11.2. The van der Waals surface area contributed by atoms with Crippen LogP contribution >= 0.6 is 11.6 Å². The van der Waals surface area contributed by atoms with Crippen molar-refractivity contribution in [1.29, 1.82) is 0 Å². The molecule has 1 unspecified atom stereocenters. The van der Waals surface area contributed by atoms with E-state index < -0.39 is 0 Å². The summed E-state index contributed by atoms with van der Waals surface area (Å²) in [5, 5.41) is 3.68. The number of furan rings is 1. The summed E-state index contributed by atoms with van der Waals surface area (Å²) in [7, 11) is 0.